The van der Waals surface area contributed by atoms with Crippen LogP contribution in [0.4, 0.5) is 13.2 Å². The summed E-state index contributed by atoms with van der Waals surface area (Å²) in [7, 11) is 0. The van der Waals surface area contributed by atoms with Gasteiger partial charge in [-0.05, 0) is 32.1 Å². The maximum atomic E-state index is 11.9. The van der Waals surface area contributed by atoms with E-state index in [-0.39, 0.29) is 6.42 Å². The van der Waals surface area contributed by atoms with Gasteiger partial charge < -0.3 is 0 Å². The Hall–Kier alpha value is -0.470. The van der Waals surface area contributed by atoms with Gasteiger partial charge in [0.15, 0.2) is 0 Å². The molecule has 19 heavy (non-hydrogen) atoms. The average molecular weight is 278 g/mol. The van der Waals surface area contributed by atoms with Crippen molar-refractivity contribution in [2.75, 3.05) is 0 Å². The maximum Gasteiger partial charge on any atom is 0.389 e. The molecule has 0 N–H and O–H groups in total. The molecule has 0 aliphatic carbocycles. The first kappa shape index (κ1) is 18.5. The van der Waals surface area contributed by atoms with Gasteiger partial charge in [0.05, 0.1) is 0 Å². The summed E-state index contributed by atoms with van der Waals surface area (Å²) in [5.41, 5.74) is 0. The normalized spacial score (nSPS) is 12.4. The second kappa shape index (κ2) is 12.6. The molecule has 0 bridgehead atoms. The highest BCUT2D eigenvalue weighted by atomic mass is 19.4. The zero-order chi connectivity index (χ0) is 14.4. The molecule has 0 aromatic carbocycles. The fourth-order valence-electron chi connectivity index (χ4n) is 2.04. The van der Waals surface area contributed by atoms with E-state index in [1.807, 2.05) is 0 Å². The van der Waals surface area contributed by atoms with Gasteiger partial charge in [0, 0.05) is 6.42 Å². The van der Waals surface area contributed by atoms with Crippen molar-refractivity contribution in [3.63, 3.8) is 0 Å². The molecule has 0 saturated heterocycles. The van der Waals surface area contributed by atoms with E-state index < -0.39 is 12.6 Å². The van der Waals surface area contributed by atoms with E-state index in [0.29, 0.717) is 6.42 Å². The van der Waals surface area contributed by atoms with Crippen molar-refractivity contribution in [1.29, 1.82) is 0 Å². The molecule has 0 atom stereocenters. The highest BCUT2D eigenvalue weighted by molar-refractivity contribution is 4.81. The van der Waals surface area contributed by atoms with Gasteiger partial charge in [-0.25, -0.2) is 0 Å². The van der Waals surface area contributed by atoms with Gasteiger partial charge in [0.2, 0.25) is 0 Å². The molecule has 0 unspecified atom stereocenters. The highest BCUT2D eigenvalue weighted by Crippen LogP contribution is 2.22. The first-order chi connectivity index (χ1) is 9.06. The highest BCUT2D eigenvalue weighted by Gasteiger charge is 2.25. The number of alkyl halides is 3. The maximum absolute atomic E-state index is 11.9. The number of halogens is 3. The van der Waals surface area contributed by atoms with Crippen LogP contribution in [0, 0.1) is 0 Å². The summed E-state index contributed by atoms with van der Waals surface area (Å²) in [6, 6.07) is 0. The third kappa shape index (κ3) is 17.5. The van der Waals surface area contributed by atoms with E-state index in [2.05, 4.69) is 19.1 Å². The summed E-state index contributed by atoms with van der Waals surface area (Å²) < 4.78 is 35.6. The van der Waals surface area contributed by atoms with Crippen molar-refractivity contribution in [3.05, 3.63) is 12.2 Å². The first-order valence-corrected chi connectivity index (χ1v) is 7.78. The predicted molar refractivity (Wildman–Crippen MR) is 76.3 cm³/mol. The van der Waals surface area contributed by atoms with Crippen molar-refractivity contribution in [3.8, 4) is 0 Å². The van der Waals surface area contributed by atoms with Gasteiger partial charge in [-0.3, -0.25) is 0 Å². The summed E-state index contributed by atoms with van der Waals surface area (Å²) in [5.74, 6) is 0. The first-order valence-electron chi connectivity index (χ1n) is 7.78. The Morgan fingerprint density at radius 2 is 1.16 bits per heavy atom. The molecule has 0 aromatic rings. The van der Waals surface area contributed by atoms with Gasteiger partial charge >= 0.3 is 6.18 Å². The van der Waals surface area contributed by atoms with Gasteiger partial charge in [0.1, 0.15) is 0 Å². The molecule has 0 amide bonds. The van der Waals surface area contributed by atoms with E-state index in [1.165, 1.54) is 38.5 Å². The minimum Gasteiger partial charge on any atom is -0.171 e. The molecule has 0 saturated carbocycles. The number of rotatable bonds is 12. The Labute approximate surface area is 116 Å². The second-order valence-electron chi connectivity index (χ2n) is 5.24. The monoisotopic (exact) mass is 278 g/mol. The van der Waals surface area contributed by atoms with Crippen LogP contribution in [-0.2, 0) is 0 Å². The quantitative estimate of drug-likeness (QED) is 0.272. The van der Waals surface area contributed by atoms with Crippen molar-refractivity contribution in [2.24, 2.45) is 0 Å². The minimum atomic E-state index is -3.98. The fraction of sp³-hybridized carbons (Fsp3) is 0.875. The average Bonchev–Trinajstić information content (AvgIpc) is 2.34. The van der Waals surface area contributed by atoms with E-state index in [1.54, 1.807) is 0 Å². The Morgan fingerprint density at radius 3 is 1.68 bits per heavy atom. The SMILES string of the molecule is CCCCCCCC/C=C/CCCCCC(F)(F)F. The van der Waals surface area contributed by atoms with E-state index >= 15 is 0 Å². The summed E-state index contributed by atoms with van der Waals surface area (Å²) >= 11 is 0. The van der Waals surface area contributed by atoms with Crippen LogP contribution in [0.3, 0.4) is 0 Å². The van der Waals surface area contributed by atoms with Crippen molar-refractivity contribution in [2.45, 2.75) is 90.1 Å². The largest absolute Gasteiger partial charge is 0.389 e. The number of allylic oxidation sites excluding steroid dienone is 2. The zero-order valence-electron chi connectivity index (χ0n) is 12.3. The molecule has 0 aliphatic rings. The number of hydrogen-bond acceptors (Lipinski definition) is 0. The molecule has 0 nitrogen and oxygen atoms in total. The smallest absolute Gasteiger partial charge is 0.171 e. The molecule has 0 radical (unpaired) electrons. The third-order valence-electron chi connectivity index (χ3n) is 3.22. The van der Waals surface area contributed by atoms with Crippen LogP contribution in [0.1, 0.15) is 84.0 Å². The Morgan fingerprint density at radius 1 is 0.684 bits per heavy atom. The van der Waals surface area contributed by atoms with Crippen LogP contribution < -0.4 is 0 Å². The van der Waals surface area contributed by atoms with E-state index in [9.17, 15) is 13.2 Å². The molecule has 3 heteroatoms. The molecular formula is C16H29F3. The van der Waals surface area contributed by atoms with Crippen molar-refractivity contribution >= 4 is 0 Å². The van der Waals surface area contributed by atoms with Gasteiger partial charge in [0.25, 0.3) is 0 Å². The number of unbranched alkanes of at least 4 members (excludes halogenated alkanes) is 9. The number of hydrogen-bond donors (Lipinski definition) is 0. The Bertz CT molecular complexity index is 207. The zero-order valence-corrected chi connectivity index (χ0v) is 12.3. The second-order valence-corrected chi connectivity index (χ2v) is 5.24. The Balaban J connectivity index is 3.13. The molecule has 114 valence electrons. The summed E-state index contributed by atoms with van der Waals surface area (Å²) in [5, 5.41) is 0. The topological polar surface area (TPSA) is 0 Å². The van der Waals surface area contributed by atoms with Crippen molar-refractivity contribution < 1.29 is 13.2 Å². The molecular weight excluding hydrogens is 249 g/mol. The summed E-state index contributed by atoms with van der Waals surface area (Å²) in [6.07, 6.45) is 11.4. The van der Waals surface area contributed by atoms with Crippen molar-refractivity contribution in [1.82, 2.24) is 0 Å². The van der Waals surface area contributed by atoms with Crippen LogP contribution in [0.15, 0.2) is 12.2 Å². The lowest BCUT2D eigenvalue weighted by Gasteiger charge is -2.04. The van der Waals surface area contributed by atoms with Gasteiger partial charge in [-0.2, -0.15) is 13.2 Å². The van der Waals surface area contributed by atoms with Crippen LogP contribution in [0.2, 0.25) is 0 Å². The Kier molecular flexibility index (Phi) is 12.2. The lowest BCUT2D eigenvalue weighted by atomic mass is 10.1. The third-order valence-corrected chi connectivity index (χ3v) is 3.22. The molecule has 0 fully saturated rings. The predicted octanol–water partition coefficient (Wildman–Crippen LogP) is 6.81. The summed E-state index contributed by atoms with van der Waals surface area (Å²) in [6.45, 7) is 2.22. The molecule has 0 heterocycles. The molecule has 0 rings (SSSR count). The van der Waals surface area contributed by atoms with Gasteiger partial charge in [-0.15, -0.1) is 0 Å². The van der Waals surface area contributed by atoms with Gasteiger partial charge in [-0.1, -0.05) is 57.6 Å². The minimum absolute atomic E-state index is 0.273. The van der Waals surface area contributed by atoms with Crippen LogP contribution in [0.25, 0.3) is 0 Å². The fourth-order valence-corrected chi connectivity index (χ4v) is 2.04. The lowest BCUT2D eigenvalue weighted by molar-refractivity contribution is -0.135. The standard InChI is InChI=1S/C16H29F3/c1-2-3-4-5-6-7-8-9-10-11-12-13-14-15-16(17,18)19/h9-10H,2-8,11-15H2,1H3/b10-9+. The molecule has 0 spiro atoms. The summed E-state index contributed by atoms with van der Waals surface area (Å²) in [4.78, 5) is 0. The van der Waals surface area contributed by atoms with Crippen LogP contribution in [-0.4, -0.2) is 6.18 Å². The van der Waals surface area contributed by atoms with E-state index in [4.69, 9.17) is 0 Å². The van der Waals surface area contributed by atoms with Crippen LogP contribution >= 0.6 is 0 Å². The van der Waals surface area contributed by atoms with Crippen LogP contribution in [0.5, 0.6) is 0 Å². The lowest BCUT2D eigenvalue weighted by Crippen LogP contribution is -2.06. The molecule has 0 aromatic heterocycles. The molecule has 0 aliphatic heterocycles. The van der Waals surface area contributed by atoms with E-state index in [0.717, 1.165) is 19.3 Å².